The van der Waals surface area contributed by atoms with Gasteiger partial charge in [0, 0.05) is 24.8 Å². The number of ether oxygens (including phenoxy) is 1. The molecule has 1 aromatic rings. The predicted molar refractivity (Wildman–Crippen MR) is 81.1 cm³/mol. The lowest BCUT2D eigenvalue weighted by molar-refractivity contribution is -0.384. The second-order valence-corrected chi connectivity index (χ2v) is 5.54. The molecule has 116 valence electrons. The van der Waals surface area contributed by atoms with E-state index in [1.54, 1.807) is 6.07 Å². The highest BCUT2D eigenvalue weighted by Crippen LogP contribution is 2.33. The fraction of sp³-hybridized carbons (Fsp3) is 0.571. The molecule has 1 fully saturated rings. The van der Waals surface area contributed by atoms with Crippen LogP contribution in [0, 0.1) is 17.0 Å². The van der Waals surface area contributed by atoms with Crippen molar-refractivity contribution in [1.82, 2.24) is 0 Å². The Bertz CT molecular complexity index is 516. The Kier molecular flexibility index (Phi) is 5.39. The van der Waals surface area contributed by atoms with Crippen LogP contribution in [-0.2, 0) is 4.74 Å². The summed E-state index contributed by atoms with van der Waals surface area (Å²) in [7, 11) is 0. The first-order chi connectivity index (χ1) is 10.0. The highest BCUT2D eigenvalue weighted by Gasteiger charge is 2.23. The summed E-state index contributed by atoms with van der Waals surface area (Å²) in [6.07, 6.45) is 1.91. The molecule has 1 aliphatic rings. The number of piperidine rings is 1. The SMILES string of the molecule is Cc1cc([N+](=O)[O-])c(Cl)cc1N1CCC(OCCO)CC1. The van der Waals surface area contributed by atoms with E-state index in [9.17, 15) is 10.1 Å². The number of rotatable bonds is 5. The molecule has 7 heteroatoms. The van der Waals surface area contributed by atoms with Crippen LogP contribution in [0.2, 0.25) is 5.02 Å². The van der Waals surface area contributed by atoms with Crippen molar-refractivity contribution >= 4 is 23.0 Å². The van der Waals surface area contributed by atoms with E-state index in [-0.39, 0.29) is 23.4 Å². The van der Waals surface area contributed by atoms with Gasteiger partial charge in [-0.3, -0.25) is 10.1 Å². The number of nitro groups is 1. The molecule has 1 aromatic carbocycles. The number of aliphatic hydroxyl groups is 1. The number of nitrogens with zero attached hydrogens (tertiary/aromatic N) is 2. The van der Waals surface area contributed by atoms with Gasteiger partial charge >= 0.3 is 0 Å². The van der Waals surface area contributed by atoms with Crippen LogP contribution in [-0.4, -0.2) is 42.4 Å². The van der Waals surface area contributed by atoms with Gasteiger partial charge in [0.05, 0.1) is 24.2 Å². The number of aryl methyl sites for hydroxylation is 1. The number of hydrogen-bond donors (Lipinski definition) is 1. The summed E-state index contributed by atoms with van der Waals surface area (Å²) in [6, 6.07) is 3.19. The molecule has 1 saturated heterocycles. The van der Waals surface area contributed by atoms with Crippen molar-refractivity contribution in [2.45, 2.75) is 25.9 Å². The van der Waals surface area contributed by atoms with Crippen LogP contribution in [0.1, 0.15) is 18.4 Å². The summed E-state index contributed by atoms with van der Waals surface area (Å²) in [5.74, 6) is 0. The quantitative estimate of drug-likeness (QED) is 0.667. The topological polar surface area (TPSA) is 75.8 Å². The molecule has 0 bridgehead atoms. The van der Waals surface area contributed by atoms with E-state index < -0.39 is 4.92 Å². The molecule has 21 heavy (non-hydrogen) atoms. The first-order valence-corrected chi connectivity index (χ1v) is 7.32. The van der Waals surface area contributed by atoms with Gasteiger partial charge in [-0.2, -0.15) is 0 Å². The Balaban J connectivity index is 2.07. The average Bonchev–Trinajstić information content (AvgIpc) is 2.47. The molecule has 0 saturated carbocycles. The zero-order valence-corrected chi connectivity index (χ0v) is 12.7. The third-order valence-corrected chi connectivity index (χ3v) is 3.99. The number of anilines is 1. The van der Waals surface area contributed by atoms with Crippen molar-refractivity contribution in [3.05, 3.63) is 32.8 Å². The lowest BCUT2D eigenvalue weighted by atomic mass is 10.0. The number of aliphatic hydroxyl groups excluding tert-OH is 1. The van der Waals surface area contributed by atoms with Gasteiger partial charge in [-0.15, -0.1) is 0 Å². The summed E-state index contributed by atoms with van der Waals surface area (Å²) >= 11 is 5.99. The average molecular weight is 315 g/mol. The van der Waals surface area contributed by atoms with Crippen molar-refractivity contribution in [2.75, 3.05) is 31.2 Å². The zero-order valence-electron chi connectivity index (χ0n) is 11.9. The monoisotopic (exact) mass is 314 g/mol. The maximum atomic E-state index is 10.9. The summed E-state index contributed by atoms with van der Waals surface area (Å²) in [5, 5.41) is 19.8. The molecular formula is C14H19ClN2O4. The van der Waals surface area contributed by atoms with Gasteiger partial charge in [-0.1, -0.05) is 11.6 Å². The first-order valence-electron chi connectivity index (χ1n) is 6.95. The van der Waals surface area contributed by atoms with E-state index in [0.717, 1.165) is 37.2 Å². The third kappa shape index (κ3) is 3.84. The van der Waals surface area contributed by atoms with Gasteiger partial charge in [0.2, 0.25) is 0 Å². The Labute approximate surface area is 128 Å². The van der Waals surface area contributed by atoms with Crippen LogP contribution in [0.4, 0.5) is 11.4 Å². The number of benzene rings is 1. The van der Waals surface area contributed by atoms with E-state index in [2.05, 4.69) is 4.90 Å². The standard InChI is InChI=1S/C14H19ClN2O4/c1-10-8-14(17(19)20)12(15)9-13(10)16-4-2-11(3-5-16)21-7-6-18/h8-9,11,18H,2-7H2,1H3. The maximum Gasteiger partial charge on any atom is 0.288 e. The molecule has 0 amide bonds. The molecule has 0 spiro atoms. The molecule has 1 N–H and O–H groups in total. The van der Waals surface area contributed by atoms with Gasteiger partial charge < -0.3 is 14.7 Å². The van der Waals surface area contributed by atoms with Crippen molar-refractivity contribution in [3.63, 3.8) is 0 Å². The maximum absolute atomic E-state index is 10.9. The predicted octanol–water partition coefficient (Wildman–Crippen LogP) is 2.53. The van der Waals surface area contributed by atoms with Gasteiger partial charge in [0.25, 0.3) is 5.69 Å². The highest BCUT2D eigenvalue weighted by atomic mass is 35.5. The summed E-state index contributed by atoms with van der Waals surface area (Å²) in [6.45, 7) is 3.88. The molecule has 6 nitrogen and oxygen atoms in total. The molecule has 0 aromatic heterocycles. The second-order valence-electron chi connectivity index (χ2n) is 5.13. The lowest BCUT2D eigenvalue weighted by Gasteiger charge is -2.34. The summed E-state index contributed by atoms with van der Waals surface area (Å²) in [5.41, 5.74) is 1.73. The molecule has 0 unspecified atom stereocenters. The van der Waals surface area contributed by atoms with E-state index >= 15 is 0 Å². The summed E-state index contributed by atoms with van der Waals surface area (Å²) in [4.78, 5) is 12.6. The smallest absolute Gasteiger partial charge is 0.288 e. The van der Waals surface area contributed by atoms with Crippen molar-refractivity contribution in [1.29, 1.82) is 0 Å². The van der Waals surface area contributed by atoms with E-state index in [1.165, 1.54) is 6.07 Å². The molecular weight excluding hydrogens is 296 g/mol. The third-order valence-electron chi connectivity index (χ3n) is 3.69. The molecule has 0 atom stereocenters. The number of nitro benzene ring substituents is 1. The fourth-order valence-electron chi connectivity index (χ4n) is 2.62. The van der Waals surface area contributed by atoms with Gasteiger partial charge in [-0.25, -0.2) is 0 Å². The van der Waals surface area contributed by atoms with E-state index in [4.69, 9.17) is 21.4 Å². The molecule has 1 aliphatic heterocycles. The van der Waals surface area contributed by atoms with Crippen molar-refractivity contribution < 1.29 is 14.8 Å². The lowest BCUT2D eigenvalue weighted by Crippen LogP contribution is -2.37. The first kappa shape index (κ1) is 16.0. The van der Waals surface area contributed by atoms with Crippen molar-refractivity contribution in [2.24, 2.45) is 0 Å². The van der Waals surface area contributed by atoms with E-state index in [1.807, 2.05) is 6.92 Å². The molecule has 0 radical (unpaired) electrons. The normalized spacial score (nSPS) is 16.2. The van der Waals surface area contributed by atoms with E-state index in [0.29, 0.717) is 6.61 Å². The molecule has 0 aliphatic carbocycles. The number of halogens is 1. The van der Waals surface area contributed by atoms with Crippen LogP contribution in [0.3, 0.4) is 0 Å². The minimum absolute atomic E-state index is 0.0390. The zero-order chi connectivity index (χ0) is 15.4. The van der Waals surface area contributed by atoms with Crippen LogP contribution in [0.15, 0.2) is 12.1 Å². The van der Waals surface area contributed by atoms with Crippen LogP contribution in [0.25, 0.3) is 0 Å². The van der Waals surface area contributed by atoms with Crippen LogP contribution in [0.5, 0.6) is 0 Å². The number of hydrogen-bond acceptors (Lipinski definition) is 5. The minimum atomic E-state index is -0.464. The second kappa shape index (κ2) is 7.06. The van der Waals surface area contributed by atoms with Crippen LogP contribution < -0.4 is 4.90 Å². The highest BCUT2D eigenvalue weighted by molar-refractivity contribution is 6.33. The van der Waals surface area contributed by atoms with Gasteiger partial charge in [-0.05, 0) is 31.4 Å². The molecule has 2 rings (SSSR count). The largest absolute Gasteiger partial charge is 0.394 e. The summed E-state index contributed by atoms with van der Waals surface area (Å²) < 4.78 is 5.53. The minimum Gasteiger partial charge on any atom is -0.394 e. The fourth-order valence-corrected chi connectivity index (χ4v) is 2.85. The Hall–Kier alpha value is -1.37. The van der Waals surface area contributed by atoms with Crippen LogP contribution >= 0.6 is 11.6 Å². The van der Waals surface area contributed by atoms with Gasteiger partial charge in [0.15, 0.2) is 0 Å². The van der Waals surface area contributed by atoms with Gasteiger partial charge in [0.1, 0.15) is 5.02 Å². The Morgan fingerprint density at radius 3 is 2.71 bits per heavy atom. The Morgan fingerprint density at radius 1 is 1.48 bits per heavy atom. The molecule has 1 heterocycles. The van der Waals surface area contributed by atoms with Crippen molar-refractivity contribution in [3.8, 4) is 0 Å². The Morgan fingerprint density at radius 2 is 2.14 bits per heavy atom.